The van der Waals surface area contributed by atoms with Gasteiger partial charge < -0.3 is 24.0 Å². The van der Waals surface area contributed by atoms with Crippen LogP contribution in [0.4, 0.5) is 10.7 Å². The van der Waals surface area contributed by atoms with Crippen molar-refractivity contribution in [2.75, 3.05) is 37.6 Å². The molecule has 2 aromatic carbocycles. The largest absolute Gasteiger partial charge is 0.475 e. The van der Waals surface area contributed by atoms with Gasteiger partial charge in [-0.05, 0) is 87.7 Å². The zero-order valence-electron chi connectivity index (χ0n) is 28.8. The van der Waals surface area contributed by atoms with Crippen molar-refractivity contribution in [3.05, 3.63) is 65.2 Å². The molecule has 1 saturated heterocycles. The van der Waals surface area contributed by atoms with E-state index in [-0.39, 0.29) is 36.6 Å². The molecule has 47 heavy (non-hydrogen) atoms. The van der Waals surface area contributed by atoms with E-state index in [2.05, 4.69) is 51.5 Å². The first-order chi connectivity index (χ1) is 22.1. The monoisotopic (exact) mass is 661 g/mol. The van der Waals surface area contributed by atoms with Gasteiger partial charge in [0.2, 0.25) is 11.8 Å². The van der Waals surface area contributed by atoms with E-state index in [1.54, 1.807) is 4.90 Å². The number of hydrogen-bond donors (Lipinski definition) is 1. The van der Waals surface area contributed by atoms with E-state index in [1.807, 2.05) is 62.1 Å². The summed E-state index contributed by atoms with van der Waals surface area (Å²) >= 11 is 1.34. The minimum atomic E-state index is -0.609. The van der Waals surface area contributed by atoms with Crippen LogP contribution in [0.5, 0.6) is 5.88 Å². The zero-order chi connectivity index (χ0) is 33.9. The Balaban J connectivity index is 1.52. The van der Waals surface area contributed by atoms with Gasteiger partial charge in [0.05, 0.1) is 31.0 Å². The van der Waals surface area contributed by atoms with Crippen molar-refractivity contribution in [3.63, 3.8) is 0 Å². The van der Waals surface area contributed by atoms with Gasteiger partial charge in [-0.2, -0.15) is 4.98 Å². The third-order valence-electron chi connectivity index (χ3n) is 7.95. The second-order valence-corrected chi connectivity index (χ2v) is 15.4. The van der Waals surface area contributed by atoms with Crippen LogP contribution in [0.1, 0.15) is 69.4 Å². The molecule has 2 atom stereocenters. The van der Waals surface area contributed by atoms with Gasteiger partial charge in [0.15, 0.2) is 0 Å². The van der Waals surface area contributed by atoms with Gasteiger partial charge in [-0.3, -0.25) is 9.52 Å². The van der Waals surface area contributed by atoms with Crippen LogP contribution in [0.2, 0.25) is 0 Å². The Bertz CT molecular complexity index is 1580. The van der Waals surface area contributed by atoms with E-state index in [9.17, 15) is 9.59 Å². The first-order valence-electron chi connectivity index (χ1n) is 16.2. The SMILES string of the molecule is Cc1cccc(C)c1-c1cc2nc(n1)NSc1cccc(c1)C(=O)N(CC1CN(C(=O)OC(C)(C)C)CCO1)C(CC(C)(C)C)CO2. The number of amides is 2. The molecule has 2 aliphatic rings. The normalized spacial score (nSPS) is 19.1. The summed E-state index contributed by atoms with van der Waals surface area (Å²) in [6, 6.07) is 15.3. The Morgan fingerprint density at radius 3 is 2.47 bits per heavy atom. The van der Waals surface area contributed by atoms with Crippen LogP contribution in [-0.4, -0.2) is 82.4 Å². The van der Waals surface area contributed by atoms with Crippen molar-refractivity contribution in [2.45, 2.75) is 84.5 Å². The lowest BCUT2D eigenvalue weighted by Crippen LogP contribution is -2.54. The van der Waals surface area contributed by atoms with E-state index in [0.29, 0.717) is 43.5 Å². The van der Waals surface area contributed by atoms with Crippen LogP contribution < -0.4 is 9.46 Å². The number of rotatable bonds is 4. The first-order valence-corrected chi connectivity index (χ1v) is 17.0. The van der Waals surface area contributed by atoms with Crippen molar-refractivity contribution in [1.29, 1.82) is 0 Å². The van der Waals surface area contributed by atoms with Gasteiger partial charge in [0.25, 0.3) is 5.91 Å². The number of carbonyl (C=O) groups is 2. The molecule has 11 heteroatoms. The summed E-state index contributed by atoms with van der Waals surface area (Å²) in [4.78, 5) is 41.3. The van der Waals surface area contributed by atoms with Gasteiger partial charge in [0, 0.05) is 35.2 Å². The highest BCUT2D eigenvalue weighted by atomic mass is 32.2. The minimum absolute atomic E-state index is 0.128. The smallest absolute Gasteiger partial charge is 0.410 e. The number of anilines is 1. The third-order valence-corrected chi connectivity index (χ3v) is 8.72. The Hall–Kier alpha value is -3.83. The summed E-state index contributed by atoms with van der Waals surface area (Å²) in [6.07, 6.45) is -0.123. The lowest BCUT2D eigenvalue weighted by Gasteiger charge is -2.40. The zero-order valence-corrected chi connectivity index (χ0v) is 29.6. The number of nitrogens with zero attached hydrogens (tertiary/aromatic N) is 4. The molecule has 252 valence electrons. The van der Waals surface area contributed by atoms with Crippen molar-refractivity contribution in [3.8, 4) is 17.1 Å². The molecule has 2 amide bonds. The van der Waals surface area contributed by atoms with Gasteiger partial charge in [-0.25, -0.2) is 9.78 Å². The maximum Gasteiger partial charge on any atom is 0.410 e. The molecule has 3 aromatic rings. The van der Waals surface area contributed by atoms with Crippen LogP contribution >= 0.6 is 11.9 Å². The third kappa shape index (κ3) is 9.16. The van der Waals surface area contributed by atoms with Crippen molar-refractivity contribution in [2.24, 2.45) is 5.41 Å². The predicted octanol–water partition coefficient (Wildman–Crippen LogP) is 7.15. The summed E-state index contributed by atoms with van der Waals surface area (Å²) in [5.74, 6) is 0.711. The predicted molar refractivity (Wildman–Crippen MR) is 185 cm³/mol. The molecule has 0 saturated carbocycles. The molecule has 1 fully saturated rings. The molecule has 5 rings (SSSR count). The Labute approximate surface area is 282 Å². The van der Waals surface area contributed by atoms with Crippen LogP contribution in [0.25, 0.3) is 11.3 Å². The fourth-order valence-electron chi connectivity index (χ4n) is 5.94. The number of ether oxygens (including phenoxy) is 3. The maximum absolute atomic E-state index is 14.4. The minimum Gasteiger partial charge on any atom is -0.475 e. The average molecular weight is 662 g/mol. The van der Waals surface area contributed by atoms with E-state index in [4.69, 9.17) is 24.2 Å². The standard InChI is InChI=1S/C36H47N5O5S/c1-23-11-9-12-24(2)31(23)29-18-30-38-33(37-29)39-47-28-14-10-13-25(17-28)32(42)41(26(22-45-30)19-35(3,4)5)21-27-20-40(15-16-44-27)34(43)46-36(6,7)8/h9-14,17-18,26-27H,15-16,19-22H2,1-8H3,(H,37,38,39). The lowest BCUT2D eigenvalue weighted by molar-refractivity contribution is -0.0555. The van der Waals surface area contributed by atoms with E-state index in [0.717, 1.165) is 27.3 Å². The van der Waals surface area contributed by atoms with Gasteiger partial charge in [-0.15, -0.1) is 0 Å². The fourth-order valence-corrected chi connectivity index (χ4v) is 6.57. The summed E-state index contributed by atoms with van der Waals surface area (Å²) in [7, 11) is 0. The molecule has 0 aliphatic carbocycles. The number of benzene rings is 2. The molecule has 1 aromatic heterocycles. The Kier molecular flexibility index (Phi) is 10.4. The number of aromatic nitrogens is 2. The molecular formula is C36H47N5O5S. The summed E-state index contributed by atoms with van der Waals surface area (Å²) in [6.45, 7) is 17.7. The van der Waals surface area contributed by atoms with E-state index in [1.165, 1.54) is 11.9 Å². The first kappa shape index (κ1) is 34.5. The molecule has 0 spiro atoms. The number of nitrogens with one attached hydrogen (secondary N) is 1. The highest BCUT2D eigenvalue weighted by Crippen LogP contribution is 2.32. The molecule has 2 aliphatic heterocycles. The van der Waals surface area contributed by atoms with Gasteiger partial charge in [0.1, 0.15) is 12.2 Å². The Morgan fingerprint density at radius 2 is 1.77 bits per heavy atom. The number of fused-ring (bicyclic) bond motifs is 4. The molecule has 1 N–H and O–H groups in total. The van der Waals surface area contributed by atoms with Crippen LogP contribution in [-0.2, 0) is 9.47 Å². The van der Waals surface area contributed by atoms with E-state index < -0.39 is 11.7 Å². The Morgan fingerprint density at radius 1 is 1.04 bits per heavy atom. The molecule has 3 heterocycles. The molecule has 10 nitrogen and oxygen atoms in total. The average Bonchev–Trinajstić information content (AvgIpc) is 2.99. The molecule has 2 unspecified atom stereocenters. The summed E-state index contributed by atoms with van der Waals surface area (Å²) in [5, 5.41) is 0. The number of aryl methyl sites for hydroxylation is 2. The maximum atomic E-state index is 14.4. The van der Waals surface area contributed by atoms with Gasteiger partial charge >= 0.3 is 6.09 Å². The second-order valence-electron chi connectivity index (χ2n) is 14.5. The summed E-state index contributed by atoms with van der Waals surface area (Å²) in [5.41, 5.74) is 3.82. The summed E-state index contributed by atoms with van der Waals surface area (Å²) < 4.78 is 21.6. The van der Waals surface area contributed by atoms with Crippen molar-refractivity contribution >= 4 is 29.9 Å². The van der Waals surface area contributed by atoms with Gasteiger partial charge in [-0.1, -0.05) is 45.0 Å². The molecule has 0 radical (unpaired) electrons. The quantitative estimate of drug-likeness (QED) is 0.292. The van der Waals surface area contributed by atoms with Crippen LogP contribution in [0.3, 0.4) is 0 Å². The number of morpholine rings is 1. The highest BCUT2D eigenvalue weighted by molar-refractivity contribution is 8.00. The molecule has 4 bridgehead atoms. The fraction of sp³-hybridized carbons (Fsp3) is 0.500. The van der Waals surface area contributed by atoms with Crippen molar-refractivity contribution < 1.29 is 23.8 Å². The van der Waals surface area contributed by atoms with Crippen LogP contribution in [0.15, 0.2) is 53.4 Å². The molecular weight excluding hydrogens is 614 g/mol. The highest BCUT2D eigenvalue weighted by Gasteiger charge is 2.35. The second kappa shape index (κ2) is 14.1. The topological polar surface area (TPSA) is 106 Å². The van der Waals surface area contributed by atoms with E-state index >= 15 is 0 Å². The van der Waals surface area contributed by atoms with Crippen molar-refractivity contribution in [1.82, 2.24) is 19.8 Å². The number of carbonyl (C=O) groups excluding carboxylic acids is 2. The number of hydrogen-bond acceptors (Lipinski definition) is 9. The van der Waals surface area contributed by atoms with Crippen LogP contribution in [0, 0.1) is 19.3 Å². The lowest BCUT2D eigenvalue weighted by atomic mass is 9.87.